The molecule has 200 valence electrons. The molecule has 0 aromatic carbocycles. The molecule has 0 N–H and O–H groups in total. The monoisotopic (exact) mass is 570 g/mol. The Bertz CT molecular complexity index is 628. The predicted octanol–water partition coefficient (Wildman–Crippen LogP) is 15.3. The molecule has 35 heavy (non-hydrogen) atoms. The molecule has 0 amide bonds. The lowest BCUT2D eigenvalue weighted by molar-refractivity contribution is 0.484. The third-order valence-corrected chi connectivity index (χ3v) is 58.3. The Labute approximate surface area is 222 Å². The summed E-state index contributed by atoms with van der Waals surface area (Å²) >= 11 is 0. The van der Waals surface area contributed by atoms with Gasteiger partial charge in [0.2, 0.25) is 0 Å². The molecule has 0 atom stereocenters. The molecule has 5 aliphatic carbocycles. The summed E-state index contributed by atoms with van der Waals surface area (Å²) in [4.78, 5) is 0. The van der Waals surface area contributed by atoms with Crippen LogP contribution in [0.3, 0.4) is 0 Å². The zero-order valence-corrected chi connectivity index (χ0v) is 27.3. The van der Waals surface area contributed by atoms with Crippen molar-refractivity contribution in [1.82, 2.24) is 0 Å². The highest BCUT2D eigenvalue weighted by Crippen LogP contribution is 3.00. The van der Waals surface area contributed by atoms with Crippen LogP contribution in [0.25, 0.3) is 0 Å². The third-order valence-electron chi connectivity index (χ3n) is 10.6. The molecule has 1 aromatic heterocycles. The van der Waals surface area contributed by atoms with Gasteiger partial charge in [0.15, 0.2) is 0 Å². The van der Waals surface area contributed by atoms with E-state index < -0.39 is 0 Å². The van der Waals surface area contributed by atoms with Crippen LogP contribution in [-0.2, 0) is 0 Å². The molecule has 1 aromatic rings. The first-order chi connectivity index (χ1) is 17.4. The van der Waals surface area contributed by atoms with Crippen LogP contribution < -0.4 is 0 Å². The summed E-state index contributed by atoms with van der Waals surface area (Å²) in [7, 11) is 0. The normalized spacial score (nSPS) is 30.0. The maximum Gasteiger partial charge on any atom is 0.00491 e. The second-order valence-corrected chi connectivity index (χ2v) is 37.6. The Kier molecular flexibility index (Phi) is 10.1. The first kappa shape index (κ1) is 26.7. The lowest BCUT2D eigenvalue weighted by Gasteiger charge is -2.33. The van der Waals surface area contributed by atoms with E-state index in [1.807, 2.05) is 0 Å². The molecule has 0 aliphatic heterocycles. The predicted molar refractivity (Wildman–Crippen MR) is 168 cm³/mol. The van der Waals surface area contributed by atoms with Crippen LogP contribution in [0, 0.1) is 0 Å². The van der Waals surface area contributed by atoms with Gasteiger partial charge >= 0.3 is 0 Å². The molecular formula is C30H55P5. The van der Waals surface area contributed by atoms with Crippen molar-refractivity contribution in [3.63, 3.8) is 0 Å². The van der Waals surface area contributed by atoms with E-state index in [4.69, 9.17) is 0 Å². The molecule has 0 saturated heterocycles. The SMILES string of the molecule is C1CCC(p2p(C3CCCCC3)p(C3CCCCC3)p(C3CCCCC3)p2C2CCCCC2)CC1. The Morgan fingerprint density at radius 3 is 0.486 bits per heavy atom. The minimum atomic E-state index is 0.423. The van der Waals surface area contributed by atoms with E-state index in [0.29, 0.717) is 34.4 Å². The van der Waals surface area contributed by atoms with Gasteiger partial charge in [0, 0.05) is 28.3 Å². The van der Waals surface area contributed by atoms with Crippen LogP contribution in [0.15, 0.2) is 0 Å². The van der Waals surface area contributed by atoms with E-state index in [9.17, 15) is 0 Å². The summed E-state index contributed by atoms with van der Waals surface area (Å²) in [6.07, 6.45) is 41.1. The topological polar surface area (TPSA) is 0 Å². The smallest absolute Gasteiger partial charge is 0.00491 e. The molecule has 5 aliphatic rings. The lowest BCUT2D eigenvalue weighted by atomic mass is 10.0. The molecule has 0 spiro atoms. The van der Waals surface area contributed by atoms with Crippen LogP contribution in [0.4, 0.5) is 0 Å². The zero-order chi connectivity index (χ0) is 23.5. The van der Waals surface area contributed by atoms with Gasteiger partial charge in [-0.25, -0.2) is 0 Å². The minimum Gasteiger partial charge on any atom is -0.0725 e. The Morgan fingerprint density at radius 2 is 0.343 bits per heavy atom. The van der Waals surface area contributed by atoms with Gasteiger partial charge in [-0.05, 0) is 64.2 Å². The fraction of sp³-hybridized carbons (Fsp3) is 1.00. The molecule has 0 nitrogen and oxygen atoms in total. The van der Waals surface area contributed by atoms with Crippen molar-refractivity contribution in [3.05, 3.63) is 0 Å². The fourth-order valence-electron chi connectivity index (χ4n) is 8.70. The number of hydrogen-bond donors (Lipinski definition) is 0. The minimum absolute atomic E-state index is 0.423. The maximum atomic E-state index is 1.70. The van der Waals surface area contributed by atoms with Gasteiger partial charge in [-0.2, -0.15) is 0 Å². The summed E-state index contributed by atoms with van der Waals surface area (Å²) in [5.41, 5.74) is 6.34. The van der Waals surface area contributed by atoms with Gasteiger partial charge in [-0.1, -0.05) is 131 Å². The molecule has 0 unspecified atom stereocenters. The van der Waals surface area contributed by atoms with Crippen molar-refractivity contribution in [2.45, 2.75) is 189 Å². The van der Waals surface area contributed by atoms with E-state index in [-0.39, 0.29) is 0 Å². The molecule has 0 bridgehead atoms. The van der Waals surface area contributed by atoms with Crippen molar-refractivity contribution < 1.29 is 0 Å². The third kappa shape index (κ3) is 6.00. The Morgan fingerprint density at radius 1 is 0.200 bits per heavy atom. The molecule has 5 heteroatoms. The highest BCUT2D eigenvalue weighted by Gasteiger charge is 2.39. The van der Waals surface area contributed by atoms with Crippen LogP contribution in [0.5, 0.6) is 0 Å². The fourth-order valence-corrected chi connectivity index (χ4v) is 90.3. The van der Waals surface area contributed by atoms with Crippen LogP contribution in [-0.4, -0.2) is 0 Å². The van der Waals surface area contributed by atoms with E-state index in [0.717, 1.165) is 0 Å². The maximum absolute atomic E-state index is 1.70. The van der Waals surface area contributed by atoms with E-state index >= 15 is 0 Å². The standard InChI is InChI=1S/C30H55P5/c1-6-16-26(17-7-1)31-32(27-18-8-2-9-19-27)34(29-22-12-4-13-23-29)35(30-24-14-5-15-25-30)33(31)28-20-10-3-11-21-28/h26-30H,1-25H2. The quantitative estimate of drug-likeness (QED) is 0.330. The van der Waals surface area contributed by atoms with Gasteiger partial charge in [0.05, 0.1) is 0 Å². The molecule has 1 heterocycles. The highest BCUT2D eigenvalue weighted by atomic mass is 32.7. The van der Waals surface area contributed by atoms with Crippen molar-refractivity contribution >= 4 is 34.4 Å². The second kappa shape index (κ2) is 13.2. The molecule has 0 radical (unpaired) electrons. The molecule has 5 fully saturated rings. The molecule has 5 saturated carbocycles. The average molecular weight is 571 g/mol. The van der Waals surface area contributed by atoms with E-state index in [1.165, 1.54) is 28.3 Å². The van der Waals surface area contributed by atoms with Crippen LogP contribution in [0.1, 0.15) is 189 Å². The van der Waals surface area contributed by atoms with Crippen molar-refractivity contribution in [2.75, 3.05) is 0 Å². The lowest BCUT2D eigenvalue weighted by Crippen LogP contribution is -2.01. The van der Waals surface area contributed by atoms with Gasteiger partial charge in [-0.3, -0.25) is 0 Å². The summed E-state index contributed by atoms with van der Waals surface area (Å²) in [6.45, 7) is 2.12. The summed E-state index contributed by atoms with van der Waals surface area (Å²) < 4.78 is 0. The van der Waals surface area contributed by atoms with Crippen molar-refractivity contribution in [3.8, 4) is 0 Å². The van der Waals surface area contributed by atoms with Crippen LogP contribution >= 0.6 is 34.4 Å². The Hall–Kier alpha value is 1.50. The second-order valence-electron chi connectivity index (χ2n) is 13.1. The average Bonchev–Trinajstić information content (AvgIpc) is 3.32. The van der Waals surface area contributed by atoms with E-state index in [2.05, 4.69) is 0 Å². The van der Waals surface area contributed by atoms with Crippen LogP contribution in [0.2, 0.25) is 0 Å². The first-order valence-corrected chi connectivity index (χ1v) is 27.0. The molecule has 6 rings (SSSR count). The largest absolute Gasteiger partial charge is 0.0725 e. The van der Waals surface area contributed by atoms with Gasteiger partial charge in [0.1, 0.15) is 0 Å². The summed E-state index contributed by atoms with van der Waals surface area (Å²) in [5.74, 6) is 0. The van der Waals surface area contributed by atoms with E-state index in [1.54, 1.807) is 161 Å². The number of hydrogen-bond acceptors (Lipinski definition) is 0. The van der Waals surface area contributed by atoms with Crippen molar-refractivity contribution in [2.24, 2.45) is 0 Å². The summed E-state index contributed by atoms with van der Waals surface area (Å²) in [5, 5.41) is 0. The zero-order valence-electron chi connectivity index (χ0n) is 22.8. The van der Waals surface area contributed by atoms with Gasteiger partial charge in [-0.15, -0.1) is 0 Å². The van der Waals surface area contributed by atoms with Gasteiger partial charge < -0.3 is 0 Å². The van der Waals surface area contributed by atoms with Gasteiger partial charge in [0.25, 0.3) is 0 Å². The molecular weight excluding hydrogens is 515 g/mol. The Balaban J connectivity index is 1.56. The summed E-state index contributed by atoms with van der Waals surface area (Å²) in [6, 6.07) is 0. The highest BCUT2D eigenvalue weighted by molar-refractivity contribution is 8.73. The van der Waals surface area contributed by atoms with Crippen molar-refractivity contribution in [1.29, 1.82) is 0 Å². The number of rotatable bonds is 5. The first-order valence-electron chi connectivity index (χ1n) is 16.4.